The Balaban J connectivity index is 1.69. The first-order valence-corrected chi connectivity index (χ1v) is 7.57. The van der Waals surface area contributed by atoms with E-state index in [1.165, 1.54) is 38.9 Å². The van der Waals surface area contributed by atoms with Crippen LogP contribution in [0.2, 0.25) is 0 Å². The van der Waals surface area contributed by atoms with Crippen molar-refractivity contribution in [1.29, 1.82) is 0 Å². The highest BCUT2D eigenvalue weighted by Crippen LogP contribution is 2.42. The Morgan fingerprint density at radius 2 is 1.94 bits per heavy atom. The van der Waals surface area contributed by atoms with Crippen LogP contribution in [0.25, 0.3) is 0 Å². The van der Waals surface area contributed by atoms with Gasteiger partial charge in [0.2, 0.25) is 0 Å². The Labute approximate surface area is 112 Å². The monoisotopic (exact) mass is 254 g/mol. The molecule has 1 saturated carbocycles. The fourth-order valence-corrected chi connectivity index (χ4v) is 3.29. The van der Waals surface area contributed by atoms with Gasteiger partial charge in [-0.3, -0.25) is 0 Å². The van der Waals surface area contributed by atoms with E-state index in [2.05, 4.69) is 38.0 Å². The van der Waals surface area contributed by atoms with Crippen LogP contribution in [-0.4, -0.2) is 50.3 Å². The van der Waals surface area contributed by atoms with Crippen LogP contribution in [0.4, 0.5) is 0 Å². The van der Waals surface area contributed by atoms with Crippen molar-refractivity contribution in [3.63, 3.8) is 0 Å². The molecule has 2 unspecified atom stereocenters. The van der Waals surface area contributed by atoms with Crippen LogP contribution < -0.4 is 5.32 Å². The number of piperidine rings is 1. The van der Waals surface area contributed by atoms with Gasteiger partial charge in [0.25, 0.3) is 0 Å². The van der Waals surface area contributed by atoms with Gasteiger partial charge in [-0.1, -0.05) is 13.8 Å². The number of rotatable bonds is 5. The first kappa shape index (κ1) is 14.3. The lowest BCUT2D eigenvalue weighted by Crippen LogP contribution is -2.61. The van der Waals surface area contributed by atoms with Crippen molar-refractivity contribution >= 4 is 0 Å². The van der Waals surface area contributed by atoms with E-state index in [-0.39, 0.29) is 0 Å². The molecule has 2 atom stereocenters. The lowest BCUT2D eigenvalue weighted by atomic mass is 9.64. The summed E-state index contributed by atoms with van der Waals surface area (Å²) in [6, 6.07) is 0.647. The molecule has 1 saturated heterocycles. The zero-order chi connectivity index (χ0) is 13.2. The standard InChI is InChI=1S/C15H30N2O/c1-5-18-14-10-13(15(14,2)3)16-11-12-6-8-17(4)9-7-12/h12-14,16H,5-11H2,1-4H3. The van der Waals surface area contributed by atoms with Crippen LogP contribution in [0.1, 0.15) is 40.0 Å². The number of nitrogens with one attached hydrogen (secondary N) is 1. The second kappa shape index (κ2) is 5.89. The van der Waals surface area contributed by atoms with Gasteiger partial charge in [0, 0.05) is 18.1 Å². The molecule has 2 fully saturated rings. The van der Waals surface area contributed by atoms with Crippen LogP contribution in [-0.2, 0) is 4.74 Å². The Hall–Kier alpha value is -0.120. The largest absolute Gasteiger partial charge is 0.378 e. The third-order valence-corrected chi connectivity index (χ3v) is 5.04. The predicted octanol–water partition coefficient (Wildman–Crippen LogP) is 2.12. The van der Waals surface area contributed by atoms with Gasteiger partial charge < -0.3 is 15.0 Å². The summed E-state index contributed by atoms with van der Waals surface area (Å²) in [4.78, 5) is 2.44. The van der Waals surface area contributed by atoms with Crippen molar-refractivity contribution in [3.8, 4) is 0 Å². The summed E-state index contributed by atoms with van der Waals surface area (Å²) in [5.74, 6) is 0.878. The van der Waals surface area contributed by atoms with Gasteiger partial charge in [0.1, 0.15) is 0 Å². The van der Waals surface area contributed by atoms with Gasteiger partial charge in [0.05, 0.1) is 6.10 Å². The molecule has 2 rings (SSSR count). The van der Waals surface area contributed by atoms with Gasteiger partial charge in [0.15, 0.2) is 0 Å². The summed E-state index contributed by atoms with van der Waals surface area (Å²) in [7, 11) is 2.23. The van der Waals surface area contributed by atoms with Gasteiger partial charge in [-0.25, -0.2) is 0 Å². The lowest BCUT2D eigenvalue weighted by Gasteiger charge is -2.52. The summed E-state index contributed by atoms with van der Waals surface area (Å²) >= 11 is 0. The van der Waals surface area contributed by atoms with Crippen molar-refractivity contribution in [3.05, 3.63) is 0 Å². The first-order chi connectivity index (χ1) is 8.54. The summed E-state index contributed by atoms with van der Waals surface area (Å²) in [6.07, 6.45) is 4.35. The number of hydrogen-bond donors (Lipinski definition) is 1. The molecule has 0 aromatic carbocycles. The number of likely N-dealkylation sites (tertiary alicyclic amines) is 1. The Bertz CT molecular complexity index is 259. The van der Waals surface area contributed by atoms with Crippen molar-refractivity contribution in [2.75, 3.05) is 33.3 Å². The average Bonchev–Trinajstić information content (AvgIpc) is 2.35. The van der Waals surface area contributed by atoms with E-state index < -0.39 is 0 Å². The SMILES string of the molecule is CCOC1CC(NCC2CCN(C)CC2)C1(C)C. The smallest absolute Gasteiger partial charge is 0.0655 e. The van der Waals surface area contributed by atoms with Crippen LogP contribution >= 0.6 is 0 Å². The average molecular weight is 254 g/mol. The van der Waals surface area contributed by atoms with Crippen molar-refractivity contribution in [2.24, 2.45) is 11.3 Å². The normalized spacial score (nSPS) is 33.3. The summed E-state index contributed by atoms with van der Waals surface area (Å²) in [5.41, 5.74) is 0.307. The topological polar surface area (TPSA) is 24.5 Å². The van der Waals surface area contributed by atoms with Gasteiger partial charge >= 0.3 is 0 Å². The molecule has 1 aliphatic carbocycles. The third kappa shape index (κ3) is 3.06. The van der Waals surface area contributed by atoms with Gasteiger partial charge in [-0.05, 0) is 58.8 Å². The molecule has 3 nitrogen and oxygen atoms in total. The highest BCUT2D eigenvalue weighted by Gasteiger charge is 2.48. The molecule has 0 aromatic heterocycles. The van der Waals surface area contributed by atoms with Gasteiger partial charge in [-0.2, -0.15) is 0 Å². The lowest BCUT2D eigenvalue weighted by molar-refractivity contribution is -0.114. The third-order valence-electron chi connectivity index (χ3n) is 5.04. The van der Waals surface area contributed by atoms with Crippen molar-refractivity contribution < 1.29 is 4.74 Å². The minimum Gasteiger partial charge on any atom is -0.378 e. The maximum atomic E-state index is 5.78. The number of ether oxygens (including phenoxy) is 1. The van der Waals surface area contributed by atoms with Crippen molar-refractivity contribution in [1.82, 2.24) is 10.2 Å². The predicted molar refractivity (Wildman–Crippen MR) is 75.8 cm³/mol. The maximum absolute atomic E-state index is 5.78. The zero-order valence-corrected chi connectivity index (χ0v) is 12.5. The molecule has 0 radical (unpaired) electrons. The zero-order valence-electron chi connectivity index (χ0n) is 12.5. The fourth-order valence-electron chi connectivity index (χ4n) is 3.29. The molecule has 3 heteroatoms. The maximum Gasteiger partial charge on any atom is 0.0655 e. The van der Waals surface area contributed by atoms with E-state index in [1.54, 1.807) is 0 Å². The molecule has 0 bridgehead atoms. The van der Waals surface area contributed by atoms with E-state index in [9.17, 15) is 0 Å². The molecular weight excluding hydrogens is 224 g/mol. The summed E-state index contributed by atoms with van der Waals surface area (Å²) in [5, 5.41) is 3.78. The molecule has 1 N–H and O–H groups in total. The van der Waals surface area contributed by atoms with Crippen LogP contribution in [0.5, 0.6) is 0 Å². The summed E-state index contributed by atoms with van der Waals surface area (Å²) < 4.78 is 5.78. The van der Waals surface area contributed by atoms with Crippen molar-refractivity contribution in [2.45, 2.75) is 52.2 Å². The van der Waals surface area contributed by atoms with E-state index in [0.29, 0.717) is 17.6 Å². The highest BCUT2D eigenvalue weighted by atomic mass is 16.5. The van der Waals surface area contributed by atoms with E-state index in [0.717, 1.165) is 12.5 Å². The Morgan fingerprint density at radius 1 is 1.28 bits per heavy atom. The van der Waals surface area contributed by atoms with Crippen LogP contribution in [0.3, 0.4) is 0 Å². The molecule has 106 valence electrons. The second-order valence-corrected chi connectivity index (χ2v) is 6.71. The molecule has 2 aliphatic rings. The molecular formula is C15H30N2O. The second-order valence-electron chi connectivity index (χ2n) is 6.71. The quantitative estimate of drug-likeness (QED) is 0.813. The number of nitrogens with zero attached hydrogens (tertiary/aromatic N) is 1. The number of hydrogen-bond acceptors (Lipinski definition) is 3. The molecule has 1 aliphatic heterocycles. The van der Waals surface area contributed by atoms with E-state index >= 15 is 0 Å². The Kier molecular flexibility index (Phi) is 4.68. The molecule has 18 heavy (non-hydrogen) atoms. The molecule has 1 heterocycles. The van der Waals surface area contributed by atoms with E-state index in [1.807, 2.05) is 0 Å². The Morgan fingerprint density at radius 3 is 2.50 bits per heavy atom. The molecule has 0 amide bonds. The molecule has 0 aromatic rings. The minimum absolute atomic E-state index is 0.307. The van der Waals surface area contributed by atoms with Crippen LogP contribution in [0.15, 0.2) is 0 Å². The first-order valence-electron chi connectivity index (χ1n) is 7.57. The minimum atomic E-state index is 0.307. The highest BCUT2D eigenvalue weighted by molar-refractivity contribution is 5.02. The fraction of sp³-hybridized carbons (Fsp3) is 1.00. The molecule has 0 spiro atoms. The summed E-state index contributed by atoms with van der Waals surface area (Å²) in [6.45, 7) is 11.3. The van der Waals surface area contributed by atoms with Crippen LogP contribution in [0, 0.1) is 11.3 Å². The van der Waals surface area contributed by atoms with E-state index in [4.69, 9.17) is 4.74 Å². The van der Waals surface area contributed by atoms with Gasteiger partial charge in [-0.15, -0.1) is 0 Å².